The Labute approximate surface area is 96.8 Å². The van der Waals surface area contributed by atoms with Crippen molar-refractivity contribution in [1.82, 2.24) is 4.98 Å². The highest BCUT2D eigenvalue weighted by molar-refractivity contribution is 5.33. The van der Waals surface area contributed by atoms with Crippen LogP contribution in [-0.4, -0.2) is 24.8 Å². The van der Waals surface area contributed by atoms with Gasteiger partial charge in [0, 0.05) is 24.9 Å². The Morgan fingerprint density at radius 2 is 2.12 bits per heavy atom. The Hall–Kier alpha value is -1.13. The van der Waals surface area contributed by atoms with E-state index in [0.29, 0.717) is 25.6 Å². The summed E-state index contributed by atoms with van der Waals surface area (Å²) in [5, 5.41) is 0. The molecule has 1 heterocycles. The van der Waals surface area contributed by atoms with Gasteiger partial charge in [-0.25, -0.2) is 4.98 Å². The van der Waals surface area contributed by atoms with Crippen LogP contribution in [-0.2, 0) is 11.3 Å². The Balaban J connectivity index is 2.44. The summed E-state index contributed by atoms with van der Waals surface area (Å²) in [4.78, 5) is 4.17. The van der Waals surface area contributed by atoms with Gasteiger partial charge in [-0.1, -0.05) is 6.92 Å². The van der Waals surface area contributed by atoms with E-state index < -0.39 is 0 Å². The average molecular weight is 224 g/mol. The Morgan fingerprint density at radius 3 is 2.81 bits per heavy atom. The summed E-state index contributed by atoms with van der Waals surface area (Å²) >= 11 is 0. The number of nitrogens with two attached hydrogens (primary N) is 1. The van der Waals surface area contributed by atoms with Gasteiger partial charge in [-0.05, 0) is 25.0 Å². The van der Waals surface area contributed by atoms with Crippen molar-refractivity contribution in [2.24, 2.45) is 5.73 Å². The Morgan fingerprint density at radius 1 is 1.31 bits per heavy atom. The minimum atomic E-state index is 0.449. The maximum atomic E-state index is 5.65. The second kappa shape index (κ2) is 7.19. The molecule has 0 unspecified atom stereocenters. The van der Waals surface area contributed by atoms with Crippen LogP contribution in [0.5, 0.6) is 5.88 Å². The molecule has 1 rings (SSSR count). The SMILES string of the molecule is CCCOCCOc1nccc(C)c1CN. The molecule has 16 heavy (non-hydrogen) atoms. The van der Waals surface area contributed by atoms with E-state index in [4.69, 9.17) is 15.2 Å². The van der Waals surface area contributed by atoms with E-state index in [1.165, 1.54) is 0 Å². The fourth-order valence-corrected chi connectivity index (χ4v) is 1.38. The predicted molar refractivity (Wildman–Crippen MR) is 63.5 cm³/mol. The number of aromatic nitrogens is 1. The molecule has 0 amide bonds. The third kappa shape index (κ3) is 3.79. The van der Waals surface area contributed by atoms with Gasteiger partial charge >= 0.3 is 0 Å². The summed E-state index contributed by atoms with van der Waals surface area (Å²) in [6.45, 7) is 6.41. The summed E-state index contributed by atoms with van der Waals surface area (Å²) in [6, 6.07) is 1.93. The van der Waals surface area contributed by atoms with E-state index in [1.54, 1.807) is 6.20 Å². The smallest absolute Gasteiger partial charge is 0.218 e. The third-order valence-electron chi connectivity index (χ3n) is 2.27. The molecule has 0 spiro atoms. The fourth-order valence-electron chi connectivity index (χ4n) is 1.38. The zero-order valence-corrected chi connectivity index (χ0v) is 10.0. The molecule has 1 aromatic rings. The molecule has 90 valence electrons. The first-order chi connectivity index (χ1) is 7.79. The van der Waals surface area contributed by atoms with Crippen LogP contribution in [0, 0.1) is 6.92 Å². The van der Waals surface area contributed by atoms with Gasteiger partial charge in [0.25, 0.3) is 0 Å². The summed E-state index contributed by atoms with van der Waals surface area (Å²) in [5.41, 5.74) is 7.74. The molecule has 1 aromatic heterocycles. The maximum Gasteiger partial charge on any atom is 0.218 e. The van der Waals surface area contributed by atoms with E-state index in [-0.39, 0.29) is 0 Å². The minimum absolute atomic E-state index is 0.449. The molecule has 0 saturated heterocycles. The van der Waals surface area contributed by atoms with E-state index in [0.717, 1.165) is 24.2 Å². The van der Waals surface area contributed by atoms with Crippen LogP contribution in [0.1, 0.15) is 24.5 Å². The topological polar surface area (TPSA) is 57.4 Å². The van der Waals surface area contributed by atoms with E-state index in [1.807, 2.05) is 13.0 Å². The quantitative estimate of drug-likeness (QED) is 0.715. The van der Waals surface area contributed by atoms with Crippen LogP contribution in [0.3, 0.4) is 0 Å². The van der Waals surface area contributed by atoms with Gasteiger partial charge in [-0.2, -0.15) is 0 Å². The molecule has 0 saturated carbocycles. The fraction of sp³-hybridized carbons (Fsp3) is 0.583. The molecule has 4 heteroatoms. The molecule has 0 aromatic carbocycles. The molecule has 0 atom stereocenters. The zero-order valence-electron chi connectivity index (χ0n) is 10.0. The lowest BCUT2D eigenvalue weighted by Gasteiger charge is -2.11. The van der Waals surface area contributed by atoms with Gasteiger partial charge in [0.05, 0.1) is 6.61 Å². The van der Waals surface area contributed by atoms with Gasteiger partial charge < -0.3 is 15.2 Å². The zero-order chi connectivity index (χ0) is 11.8. The number of rotatable bonds is 7. The van der Waals surface area contributed by atoms with Crippen molar-refractivity contribution in [3.63, 3.8) is 0 Å². The normalized spacial score (nSPS) is 10.4. The first-order valence-corrected chi connectivity index (χ1v) is 5.64. The first-order valence-electron chi connectivity index (χ1n) is 5.64. The molecule has 4 nitrogen and oxygen atoms in total. The van der Waals surface area contributed by atoms with Crippen molar-refractivity contribution in [2.45, 2.75) is 26.8 Å². The van der Waals surface area contributed by atoms with Gasteiger partial charge in [0.15, 0.2) is 0 Å². The molecule has 0 aliphatic rings. The molecule has 0 aliphatic heterocycles. The van der Waals surface area contributed by atoms with Gasteiger partial charge in [0.1, 0.15) is 6.61 Å². The monoisotopic (exact) mass is 224 g/mol. The molecule has 0 radical (unpaired) electrons. The Bertz CT molecular complexity index is 316. The van der Waals surface area contributed by atoms with Crippen molar-refractivity contribution in [1.29, 1.82) is 0 Å². The molecular formula is C12H20N2O2. The number of nitrogens with zero attached hydrogens (tertiary/aromatic N) is 1. The number of hydrogen-bond acceptors (Lipinski definition) is 4. The number of pyridine rings is 1. The van der Waals surface area contributed by atoms with Gasteiger partial charge in [-0.3, -0.25) is 0 Å². The third-order valence-corrected chi connectivity index (χ3v) is 2.27. The van der Waals surface area contributed by atoms with Crippen LogP contribution in [0.4, 0.5) is 0 Å². The van der Waals surface area contributed by atoms with Crippen LogP contribution < -0.4 is 10.5 Å². The highest BCUT2D eigenvalue weighted by Crippen LogP contribution is 2.17. The van der Waals surface area contributed by atoms with Crippen molar-refractivity contribution in [3.05, 3.63) is 23.4 Å². The molecule has 0 bridgehead atoms. The summed E-state index contributed by atoms with van der Waals surface area (Å²) in [6.07, 6.45) is 2.76. The molecule has 0 aliphatic carbocycles. The van der Waals surface area contributed by atoms with Crippen molar-refractivity contribution in [2.75, 3.05) is 19.8 Å². The van der Waals surface area contributed by atoms with Crippen molar-refractivity contribution in [3.8, 4) is 5.88 Å². The highest BCUT2D eigenvalue weighted by Gasteiger charge is 2.06. The predicted octanol–water partition coefficient (Wildman–Crippen LogP) is 1.65. The van der Waals surface area contributed by atoms with Crippen LogP contribution in [0.15, 0.2) is 12.3 Å². The average Bonchev–Trinajstić information content (AvgIpc) is 2.29. The number of hydrogen-bond donors (Lipinski definition) is 1. The lowest BCUT2D eigenvalue weighted by Crippen LogP contribution is -2.11. The largest absolute Gasteiger partial charge is 0.475 e. The van der Waals surface area contributed by atoms with E-state index in [9.17, 15) is 0 Å². The van der Waals surface area contributed by atoms with Crippen LogP contribution >= 0.6 is 0 Å². The van der Waals surface area contributed by atoms with E-state index in [2.05, 4.69) is 11.9 Å². The lowest BCUT2D eigenvalue weighted by molar-refractivity contribution is 0.0986. The van der Waals surface area contributed by atoms with E-state index >= 15 is 0 Å². The molecule has 0 fully saturated rings. The van der Waals surface area contributed by atoms with Crippen LogP contribution in [0.25, 0.3) is 0 Å². The van der Waals surface area contributed by atoms with Gasteiger partial charge in [0.2, 0.25) is 5.88 Å². The second-order valence-corrected chi connectivity index (χ2v) is 3.58. The maximum absolute atomic E-state index is 5.65. The Kier molecular flexibility index (Phi) is 5.82. The second-order valence-electron chi connectivity index (χ2n) is 3.58. The van der Waals surface area contributed by atoms with Crippen molar-refractivity contribution < 1.29 is 9.47 Å². The number of ether oxygens (including phenoxy) is 2. The summed E-state index contributed by atoms with van der Waals surface area (Å²) in [7, 11) is 0. The van der Waals surface area contributed by atoms with Gasteiger partial charge in [-0.15, -0.1) is 0 Å². The highest BCUT2D eigenvalue weighted by atomic mass is 16.5. The first kappa shape index (κ1) is 12.9. The summed E-state index contributed by atoms with van der Waals surface area (Å²) < 4.78 is 10.9. The summed E-state index contributed by atoms with van der Waals surface area (Å²) in [5.74, 6) is 0.627. The molecular weight excluding hydrogens is 204 g/mol. The molecule has 2 N–H and O–H groups in total. The van der Waals surface area contributed by atoms with Crippen LogP contribution in [0.2, 0.25) is 0 Å². The lowest BCUT2D eigenvalue weighted by atomic mass is 10.1. The standard InChI is InChI=1S/C12H20N2O2/c1-3-6-15-7-8-16-12-11(9-13)10(2)4-5-14-12/h4-5H,3,6-9,13H2,1-2H3. The minimum Gasteiger partial charge on any atom is -0.475 e. The van der Waals surface area contributed by atoms with Crippen molar-refractivity contribution >= 4 is 0 Å². The number of aryl methyl sites for hydroxylation is 1.